The van der Waals surface area contributed by atoms with E-state index >= 15 is 0 Å². The molecule has 1 atom stereocenters. The van der Waals surface area contributed by atoms with Crippen LogP contribution in [0.5, 0.6) is 0 Å². The minimum absolute atomic E-state index is 0.0902. The van der Waals surface area contributed by atoms with Crippen LogP contribution in [0.25, 0.3) is 23.3 Å². The zero-order valence-electron chi connectivity index (χ0n) is 16.4. The van der Waals surface area contributed by atoms with E-state index in [1.807, 2.05) is 10.8 Å². The van der Waals surface area contributed by atoms with Crippen LogP contribution in [-0.2, 0) is 0 Å². The molecule has 4 aromatic heterocycles. The van der Waals surface area contributed by atoms with Gasteiger partial charge in [-0.05, 0) is 26.3 Å². The Balaban J connectivity index is 1.68. The molecule has 0 bridgehead atoms. The molecule has 1 unspecified atom stereocenters. The first-order chi connectivity index (χ1) is 14.2. The molecule has 146 valence electrons. The lowest BCUT2D eigenvalue weighted by Gasteiger charge is -2.39. The van der Waals surface area contributed by atoms with Crippen molar-refractivity contribution in [1.82, 2.24) is 44.3 Å². The summed E-state index contributed by atoms with van der Waals surface area (Å²) < 4.78 is 3.78. The van der Waals surface area contributed by atoms with Crippen LogP contribution in [0.3, 0.4) is 0 Å². The molecule has 0 amide bonds. The van der Waals surface area contributed by atoms with Crippen molar-refractivity contribution in [3.8, 4) is 23.3 Å². The Labute approximate surface area is 167 Å². The zero-order chi connectivity index (χ0) is 20.0. The highest BCUT2D eigenvalue weighted by Gasteiger charge is 2.35. The van der Waals surface area contributed by atoms with E-state index in [0.29, 0.717) is 17.6 Å². The molecular formula is C19H20N10. The fourth-order valence-corrected chi connectivity index (χ4v) is 3.79. The average Bonchev–Trinajstić information content (AvgIpc) is 3.42. The molecular weight excluding hydrogens is 368 g/mol. The Morgan fingerprint density at radius 1 is 1.03 bits per heavy atom. The third-order valence-corrected chi connectivity index (χ3v) is 5.01. The van der Waals surface area contributed by atoms with E-state index in [-0.39, 0.29) is 12.1 Å². The van der Waals surface area contributed by atoms with Gasteiger partial charge in [0, 0.05) is 30.8 Å². The molecule has 0 aromatic carbocycles. The lowest BCUT2D eigenvalue weighted by Crippen LogP contribution is -2.40. The third-order valence-electron chi connectivity index (χ3n) is 5.01. The predicted octanol–water partition coefficient (Wildman–Crippen LogP) is 2.38. The van der Waals surface area contributed by atoms with E-state index in [9.17, 15) is 0 Å². The van der Waals surface area contributed by atoms with E-state index in [0.717, 1.165) is 23.8 Å². The van der Waals surface area contributed by atoms with Crippen molar-refractivity contribution in [2.75, 3.05) is 4.90 Å². The van der Waals surface area contributed by atoms with Gasteiger partial charge in [0.1, 0.15) is 12.0 Å². The molecule has 0 saturated carbocycles. The Hall–Kier alpha value is -3.69. The van der Waals surface area contributed by atoms with Gasteiger partial charge in [-0.2, -0.15) is 4.98 Å². The summed E-state index contributed by atoms with van der Waals surface area (Å²) in [4.78, 5) is 24.8. The molecule has 4 aromatic rings. The van der Waals surface area contributed by atoms with E-state index in [1.54, 1.807) is 41.7 Å². The predicted molar refractivity (Wildman–Crippen MR) is 106 cm³/mol. The molecule has 0 aliphatic carbocycles. The molecule has 5 rings (SSSR count). The fourth-order valence-electron chi connectivity index (χ4n) is 3.79. The summed E-state index contributed by atoms with van der Waals surface area (Å²) in [7, 11) is 0. The van der Waals surface area contributed by atoms with Gasteiger partial charge in [0.15, 0.2) is 23.3 Å². The molecule has 10 nitrogen and oxygen atoms in total. The van der Waals surface area contributed by atoms with Crippen LogP contribution < -0.4 is 4.90 Å². The Morgan fingerprint density at radius 2 is 1.86 bits per heavy atom. The highest BCUT2D eigenvalue weighted by molar-refractivity contribution is 5.63. The molecule has 0 radical (unpaired) electrons. The molecule has 0 saturated heterocycles. The normalized spacial score (nSPS) is 15.4. The van der Waals surface area contributed by atoms with E-state index < -0.39 is 0 Å². The number of fused-ring (bicyclic) bond motifs is 3. The van der Waals surface area contributed by atoms with Crippen LogP contribution in [0.2, 0.25) is 0 Å². The van der Waals surface area contributed by atoms with Crippen molar-refractivity contribution in [1.29, 1.82) is 0 Å². The summed E-state index contributed by atoms with van der Waals surface area (Å²) in [6.07, 6.45) is 11.3. The number of imidazole rings is 1. The second kappa shape index (κ2) is 6.73. The van der Waals surface area contributed by atoms with Crippen molar-refractivity contribution in [2.45, 2.75) is 39.3 Å². The molecule has 5 heterocycles. The van der Waals surface area contributed by atoms with Gasteiger partial charge in [0.05, 0.1) is 12.2 Å². The maximum atomic E-state index is 4.93. The molecule has 0 N–H and O–H groups in total. The van der Waals surface area contributed by atoms with E-state index in [1.165, 1.54) is 0 Å². The summed E-state index contributed by atoms with van der Waals surface area (Å²) in [5.41, 5.74) is 0.866. The average molecular weight is 388 g/mol. The summed E-state index contributed by atoms with van der Waals surface area (Å²) >= 11 is 0. The first-order valence-electron chi connectivity index (χ1n) is 9.55. The quantitative estimate of drug-likeness (QED) is 0.525. The molecule has 1 aliphatic heterocycles. The van der Waals surface area contributed by atoms with Crippen molar-refractivity contribution in [2.24, 2.45) is 0 Å². The van der Waals surface area contributed by atoms with Crippen LogP contribution in [0.1, 0.15) is 39.1 Å². The topological polar surface area (TPSA) is 103 Å². The number of rotatable bonds is 4. The Bertz CT molecular complexity index is 1150. The molecule has 29 heavy (non-hydrogen) atoms. The van der Waals surface area contributed by atoms with Crippen molar-refractivity contribution < 1.29 is 0 Å². The molecule has 0 spiro atoms. The van der Waals surface area contributed by atoms with Gasteiger partial charge in [-0.1, -0.05) is 6.92 Å². The SMILES string of the molecule is CCC1c2nncn2-c2cnc(-n3ccnc3-c3ncccn3)nc2N1C(C)C. The third kappa shape index (κ3) is 2.67. The van der Waals surface area contributed by atoms with Gasteiger partial charge >= 0.3 is 0 Å². The minimum atomic E-state index is 0.0902. The number of nitrogens with zero attached hydrogens (tertiary/aromatic N) is 10. The van der Waals surface area contributed by atoms with Gasteiger partial charge in [-0.3, -0.25) is 9.13 Å². The van der Waals surface area contributed by atoms with E-state index in [4.69, 9.17) is 4.98 Å². The fraction of sp³-hybridized carbons (Fsp3) is 0.316. The largest absolute Gasteiger partial charge is 0.342 e. The lowest BCUT2D eigenvalue weighted by atomic mass is 10.1. The first-order valence-corrected chi connectivity index (χ1v) is 9.55. The van der Waals surface area contributed by atoms with Crippen LogP contribution in [0.4, 0.5) is 5.82 Å². The van der Waals surface area contributed by atoms with Gasteiger partial charge in [0.25, 0.3) is 0 Å². The zero-order valence-corrected chi connectivity index (χ0v) is 16.4. The number of hydrogen-bond acceptors (Lipinski definition) is 8. The van der Waals surface area contributed by atoms with Gasteiger partial charge < -0.3 is 4.90 Å². The first kappa shape index (κ1) is 17.4. The summed E-state index contributed by atoms with van der Waals surface area (Å²) in [5, 5.41) is 8.47. The number of hydrogen-bond donors (Lipinski definition) is 0. The molecule has 10 heteroatoms. The molecule has 1 aliphatic rings. The monoisotopic (exact) mass is 388 g/mol. The van der Waals surface area contributed by atoms with Gasteiger partial charge in [-0.25, -0.2) is 19.9 Å². The van der Waals surface area contributed by atoms with Crippen molar-refractivity contribution >= 4 is 5.82 Å². The summed E-state index contributed by atoms with van der Waals surface area (Å²) in [6.45, 7) is 6.45. The van der Waals surface area contributed by atoms with Crippen LogP contribution in [-0.4, -0.2) is 50.3 Å². The highest BCUT2D eigenvalue weighted by Crippen LogP contribution is 2.39. The highest BCUT2D eigenvalue weighted by atomic mass is 15.4. The maximum Gasteiger partial charge on any atom is 0.237 e. The second-order valence-electron chi connectivity index (χ2n) is 7.06. The summed E-state index contributed by atoms with van der Waals surface area (Å²) in [5.74, 6) is 3.38. The minimum Gasteiger partial charge on any atom is -0.342 e. The van der Waals surface area contributed by atoms with Gasteiger partial charge in [0.2, 0.25) is 5.95 Å². The van der Waals surface area contributed by atoms with E-state index in [2.05, 4.69) is 55.8 Å². The smallest absolute Gasteiger partial charge is 0.237 e. The molecule has 0 fully saturated rings. The number of aromatic nitrogens is 9. The Kier molecular flexibility index (Phi) is 4.04. The standard InChI is InChI=1S/C19H20N10/c1-4-13-17-26-24-11-28(17)14-10-23-19(25-16(14)29(13)12(2)3)27-9-8-22-18(27)15-20-6-5-7-21-15/h5-13H,4H2,1-3H3. The number of anilines is 1. The van der Waals surface area contributed by atoms with Crippen molar-refractivity contribution in [3.63, 3.8) is 0 Å². The maximum absolute atomic E-state index is 4.93. The van der Waals surface area contributed by atoms with Gasteiger partial charge in [-0.15, -0.1) is 10.2 Å². The second-order valence-corrected chi connectivity index (χ2v) is 7.06. The Morgan fingerprint density at radius 3 is 2.62 bits per heavy atom. The summed E-state index contributed by atoms with van der Waals surface area (Å²) in [6, 6.07) is 2.09. The van der Waals surface area contributed by atoms with Crippen LogP contribution in [0.15, 0.2) is 43.4 Å². The van der Waals surface area contributed by atoms with Crippen LogP contribution in [0, 0.1) is 0 Å². The van der Waals surface area contributed by atoms with Crippen molar-refractivity contribution in [3.05, 3.63) is 49.2 Å². The lowest BCUT2D eigenvalue weighted by molar-refractivity contribution is 0.497. The van der Waals surface area contributed by atoms with Crippen LogP contribution >= 0.6 is 0 Å².